The molecule has 2 atom stereocenters. The summed E-state index contributed by atoms with van der Waals surface area (Å²) < 4.78 is 24.1. The maximum Gasteiger partial charge on any atom is 0.342 e. The fourth-order valence-corrected chi connectivity index (χ4v) is 1.92. The highest BCUT2D eigenvalue weighted by Crippen LogP contribution is 2.24. The molecule has 2 aromatic carbocycles. The van der Waals surface area contributed by atoms with Crippen LogP contribution in [0, 0.1) is 0 Å². The lowest BCUT2D eigenvalue weighted by Crippen LogP contribution is -2.31. The van der Waals surface area contributed by atoms with E-state index in [9.17, 15) is 9.18 Å². The van der Waals surface area contributed by atoms with Crippen LogP contribution in [0.1, 0.15) is 18.5 Å². The van der Waals surface area contributed by atoms with E-state index in [4.69, 9.17) is 10.5 Å². The molecule has 0 saturated carbocycles. The Labute approximate surface area is 128 Å². The molecule has 2 rings (SSSR count). The number of hydrogen-bond donors (Lipinski definition) is 1. The van der Waals surface area contributed by atoms with Gasteiger partial charge in [0.1, 0.15) is 11.5 Å². The van der Waals surface area contributed by atoms with Crippen molar-refractivity contribution in [3.63, 3.8) is 0 Å². The molecule has 0 aliphatic rings. The van der Waals surface area contributed by atoms with Crippen molar-refractivity contribution in [2.24, 2.45) is 5.73 Å². The molecule has 0 radical (unpaired) electrons. The quantitative estimate of drug-likeness (QED) is 0.831. The van der Waals surface area contributed by atoms with Crippen LogP contribution in [-0.2, 0) is 9.53 Å². The second-order valence-electron chi connectivity index (χ2n) is 4.66. The van der Waals surface area contributed by atoms with E-state index in [-0.39, 0.29) is 6.61 Å². The zero-order chi connectivity index (χ0) is 15.9. The van der Waals surface area contributed by atoms with Crippen LogP contribution < -0.4 is 10.5 Å². The van der Waals surface area contributed by atoms with Gasteiger partial charge >= 0.3 is 5.97 Å². The molecule has 0 amide bonds. The number of alkyl halides is 1. The third-order valence-electron chi connectivity index (χ3n) is 3.07. The Balaban J connectivity index is 2.03. The molecule has 0 saturated heterocycles. The summed E-state index contributed by atoms with van der Waals surface area (Å²) in [6, 6.07) is 14.9. The number of rotatable bonds is 6. The van der Waals surface area contributed by atoms with Crippen LogP contribution in [0.5, 0.6) is 11.5 Å². The second kappa shape index (κ2) is 7.56. The van der Waals surface area contributed by atoms with Crippen LogP contribution in [-0.4, -0.2) is 18.7 Å². The van der Waals surface area contributed by atoms with Gasteiger partial charge in [-0.15, -0.1) is 0 Å². The maximum absolute atomic E-state index is 13.9. The minimum absolute atomic E-state index is 0.121. The van der Waals surface area contributed by atoms with Crippen LogP contribution >= 0.6 is 0 Å². The Kier molecular flexibility index (Phi) is 5.49. The van der Waals surface area contributed by atoms with Gasteiger partial charge in [-0.25, -0.2) is 9.18 Å². The van der Waals surface area contributed by atoms with Gasteiger partial charge in [-0.05, 0) is 36.8 Å². The summed E-state index contributed by atoms with van der Waals surface area (Å²) in [4.78, 5) is 11.4. The number of carbonyl (C=O) groups is 1. The maximum atomic E-state index is 13.9. The molecule has 1 unspecified atom stereocenters. The Morgan fingerprint density at radius 3 is 2.27 bits per heavy atom. The van der Waals surface area contributed by atoms with Crippen molar-refractivity contribution in [2.75, 3.05) is 6.61 Å². The molecule has 2 aromatic rings. The first-order valence-corrected chi connectivity index (χ1v) is 7.01. The molecule has 5 heteroatoms. The molecular weight excluding hydrogens is 285 g/mol. The first-order valence-electron chi connectivity index (χ1n) is 7.01. The minimum atomic E-state index is -1.89. The van der Waals surface area contributed by atoms with Crippen molar-refractivity contribution in [2.45, 2.75) is 19.1 Å². The van der Waals surface area contributed by atoms with Gasteiger partial charge in [0, 0.05) is 0 Å². The molecular formula is C17H18FNO3. The van der Waals surface area contributed by atoms with Crippen LogP contribution in [0.2, 0.25) is 0 Å². The van der Waals surface area contributed by atoms with Crippen molar-refractivity contribution in [1.82, 2.24) is 0 Å². The summed E-state index contributed by atoms with van der Waals surface area (Å²) in [6.07, 6.45) is -1.89. The Hall–Kier alpha value is -2.40. The number of carbonyl (C=O) groups excluding carboxylic acids is 1. The zero-order valence-corrected chi connectivity index (χ0v) is 12.2. The molecule has 0 fully saturated rings. The molecule has 2 N–H and O–H groups in total. The van der Waals surface area contributed by atoms with Crippen LogP contribution in [0.3, 0.4) is 0 Å². The normalized spacial score (nSPS) is 13.2. The van der Waals surface area contributed by atoms with Crippen LogP contribution in [0.15, 0.2) is 54.6 Å². The molecule has 0 aliphatic heterocycles. The van der Waals surface area contributed by atoms with E-state index in [1.807, 2.05) is 30.3 Å². The summed E-state index contributed by atoms with van der Waals surface area (Å²) in [5.74, 6) is 0.364. The van der Waals surface area contributed by atoms with Crippen molar-refractivity contribution in [3.8, 4) is 11.5 Å². The summed E-state index contributed by atoms with van der Waals surface area (Å²) in [7, 11) is 0. The van der Waals surface area contributed by atoms with Gasteiger partial charge < -0.3 is 15.2 Å². The highest BCUT2D eigenvalue weighted by atomic mass is 19.1. The average molecular weight is 303 g/mol. The number of halogens is 1. The SMILES string of the molecule is CCOC(=O)C(F)[C@@H](N)c1ccc(Oc2ccccc2)cc1. The standard InChI is InChI=1S/C17H18FNO3/c1-2-21-17(20)15(18)16(19)12-8-10-14(11-9-12)22-13-6-4-3-5-7-13/h3-11,15-16H,2,19H2,1H3/t15?,16-/m0/s1. The highest BCUT2D eigenvalue weighted by molar-refractivity contribution is 5.75. The molecule has 0 heterocycles. The monoisotopic (exact) mass is 303 g/mol. The van der Waals surface area contributed by atoms with Crippen LogP contribution in [0.4, 0.5) is 4.39 Å². The molecule has 0 spiro atoms. The third-order valence-corrected chi connectivity index (χ3v) is 3.07. The molecule has 0 aromatic heterocycles. The fraction of sp³-hybridized carbons (Fsp3) is 0.235. The van der Waals surface area contributed by atoms with Gasteiger partial charge in [0.25, 0.3) is 0 Å². The van der Waals surface area contributed by atoms with Gasteiger partial charge in [-0.3, -0.25) is 0 Å². The predicted molar refractivity (Wildman–Crippen MR) is 81.4 cm³/mol. The number of nitrogens with two attached hydrogens (primary N) is 1. The van der Waals surface area contributed by atoms with E-state index in [0.29, 0.717) is 17.1 Å². The largest absolute Gasteiger partial charge is 0.464 e. The van der Waals surface area contributed by atoms with E-state index in [1.165, 1.54) is 0 Å². The summed E-state index contributed by atoms with van der Waals surface area (Å²) in [6.45, 7) is 1.74. The van der Waals surface area contributed by atoms with Gasteiger partial charge in [0.2, 0.25) is 6.17 Å². The fourth-order valence-electron chi connectivity index (χ4n) is 1.92. The van der Waals surface area contributed by atoms with Gasteiger partial charge in [-0.2, -0.15) is 0 Å². The van der Waals surface area contributed by atoms with E-state index >= 15 is 0 Å². The lowest BCUT2D eigenvalue weighted by atomic mass is 10.0. The molecule has 4 nitrogen and oxygen atoms in total. The summed E-state index contributed by atoms with van der Waals surface area (Å²) >= 11 is 0. The van der Waals surface area contributed by atoms with E-state index in [2.05, 4.69) is 4.74 Å². The highest BCUT2D eigenvalue weighted by Gasteiger charge is 2.27. The van der Waals surface area contributed by atoms with Crippen molar-refractivity contribution in [1.29, 1.82) is 0 Å². The summed E-state index contributed by atoms with van der Waals surface area (Å²) in [5.41, 5.74) is 6.26. The molecule has 116 valence electrons. The second-order valence-corrected chi connectivity index (χ2v) is 4.66. The van der Waals surface area contributed by atoms with E-state index in [1.54, 1.807) is 31.2 Å². The van der Waals surface area contributed by atoms with Crippen molar-refractivity contribution < 1.29 is 18.7 Å². The summed E-state index contributed by atoms with van der Waals surface area (Å²) in [5, 5.41) is 0. The Bertz CT molecular complexity index is 601. The Morgan fingerprint density at radius 1 is 1.09 bits per heavy atom. The Morgan fingerprint density at radius 2 is 1.68 bits per heavy atom. The van der Waals surface area contributed by atoms with Gasteiger partial charge in [0.05, 0.1) is 12.6 Å². The lowest BCUT2D eigenvalue weighted by molar-refractivity contribution is -0.149. The smallest absolute Gasteiger partial charge is 0.342 e. The van der Waals surface area contributed by atoms with Gasteiger partial charge in [-0.1, -0.05) is 30.3 Å². The molecule has 22 heavy (non-hydrogen) atoms. The van der Waals surface area contributed by atoms with Crippen molar-refractivity contribution in [3.05, 3.63) is 60.2 Å². The molecule has 0 aliphatic carbocycles. The number of benzene rings is 2. The van der Waals surface area contributed by atoms with Crippen LogP contribution in [0.25, 0.3) is 0 Å². The minimum Gasteiger partial charge on any atom is -0.464 e. The predicted octanol–water partition coefficient (Wildman–Crippen LogP) is 3.38. The topological polar surface area (TPSA) is 61.5 Å². The third kappa shape index (κ3) is 4.05. The van der Waals surface area contributed by atoms with Crippen molar-refractivity contribution >= 4 is 5.97 Å². The molecule has 0 bridgehead atoms. The first kappa shape index (κ1) is 16.0. The van der Waals surface area contributed by atoms with Gasteiger partial charge in [0.15, 0.2) is 0 Å². The van der Waals surface area contributed by atoms with E-state index < -0.39 is 18.2 Å². The van der Waals surface area contributed by atoms with E-state index in [0.717, 1.165) is 0 Å². The number of para-hydroxylation sites is 1. The first-order chi connectivity index (χ1) is 10.6. The average Bonchev–Trinajstić information content (AvgIpc) is 2.55. The number of ether oxygens (including phenoxy) is 2. The number of hydrogen-bond acceptors (Lipinski definition) is 4. The number of esters is 1. The zero-order valence-electron chi connectivity index (χ0n) is 12.2. The lowest BCUT2D eigenvalue weighted by Gasteiger charge is -2.16.